The molecule has 0 aliphatic carbocycles. The molecule has 0 N–H and O–H groups in total. The van der Waals surface area contributed by atoms with Crippen LogP contribution in [0.25, 0.3) is 0 Å². The van der Waals surface area contributed by atoms with E-state index in [2.05, 4.69) is 6.58 Å². The Bertz CT molecular complexity index is 628. The zero-order valence-electron chi connectivity index (χ0n) is 11.7. The molecule has 2 aromatic rings. The molecule has 1 unspecified atom stereocenters. The van der Waals surface area contributed by atoms with Crippen molar-refractivity contribution < 1.29 is 13.9 Å². The third kappa shape index (κ3) is 3.37. The second-order valence-electron chi connectivity index (χ2n) is 4.36. The smallest absolute Gasteiger partial charge is 0.165 e. The van der Waals surface area contributed by atoms with Crippen molar-refractivity contribution in [2.75, 3.05) is 13.7 Å². The minimum atomic E-state index is -0.573. The molecule has 0 radical (unpaired) electrons. The van der Waals surface area contributed by atoms with Crippen LogP contribution in [0.3, 0.4) is 0 Å². The highest BCUT2D eigenvalue weighted by Crippen LogP contribution is 2.40. The zero-order valence-corrected chi connectivity index (χ0v) is 12.4. The normalized spacial score (nSPS) is 11.8. The summed E-state index contributed by atoms with van der Waals surface area (Å²) in [5.41, 5.74) is 1.32. The molecule has 21 heavy (non-hydrogen) atoms. The van der Waals surface area contributed by atoms with Crippen LogP contribution in [0.5, 0.6) is 11.5 Å². The number of methoxy groups -OCH3 is 1. The minimum absolute atomic E-state index is 0.142. The molecule has 0 aromatic heterocycles. The van der Waals surface area contributed by atoms with E-state index in [1.54, 1.807) is 25.3 Å². The van der Waals surface area contributed by atoms with Crippen molar-refractivity contribution in [2.24, 2.45) is 0 Å². The number of alkyl halides is 1. The van der Waals surface area contributed by atoms with Gasteiger partial charge in [-0.3, -0.25) is 0 Å². The molecule has 4 heteroatoms. The van der Waals surface area contributed by atoms with Gasteiger partial charge in [0.05, 0.1) is 12.5 Å². The van der Waals surface area contributed by atoms with E-state index in [0.717, 1.165) is 5.56 Å². The van der Waals surface area contributed by atoms with Crippen molar-refractivity contribution >= 4 is 11.6 Å². The second kappa shape index (κ2) is 7.14. The lowest BCUT2D eigenvalue weighted by atomic mass is 10.0. The van der Waals surface area contributed by atoms with E-state index in [0.29, 0.717) is 11.3 Å². The maximum Gasteiger partial charge on any atom is 0.165 e. The number of hydrogen-bond acceptors (Lipinski definition) is 2. The van der Waals surface area contributed by atoms with Gasteiger partial charge in [0, 0.05) is 11.1 Å². The van der Waals surface area contributed by atoms with Gasteiger partial charge < -0.3 is 9.47 Å². The first-order valence-electron chi connectivity index (χ1n) is 6.48. The van der Waals surface area contributed by atoms with Gasteiger partial charge >= 0.3 is 0 Å². The average Bonchev–Trinajstić information content (AvgIpc) is 2.52. The van der Waals surface area contributed by atoms with E-state index < -0.39 is 11.2 Å². The summed E-state index contributed by atoms with van der Waals surface area (Å²) in [5.74, 6) is 0.342. The van der Waals surface area contributed by atoms with E-state index >= 15 is 0 Å². The quantitative estimate of drug-likeness (QED) is 0.567. The van der Waals surface area contributed by atoms with Crippen molar-refractivity contribution in [1.82, 2.24) is 0 Å². The molecule has 0 heterocycles. The number of benzene rings is 2. The summed E-state index contributed by atoms with van der Waals surface area (Å²) >= 11 is 6.52. The van der Waals surface area contributed by atoms with Crippen molar-refractivity contribution in [2.45, 2.75) is 5.38 Å². The topological polar surface area (TPSA) is 18.5 Å². The first kappa shape index (κ1) is 15.4. The Hall–Kier alpha value is -2.00. The monoisotopic (exact) mass is 306 g/mol. The Labute approximate surface area is 128 Å². The standard InChI is InChI=1S/C17H16ClFO2/c1-3-11-21-17-13(8-6-9-14(17)19)16(18)12-7-4-5-10-15(12)20-2/h3-10,16H,1,11H2,2H3. The summed E-state index contributed by atoms with van der Waals surface area (Å²) in [5, 5.41) is -0.573. The average molecular weight is 307 g/mol. The molecule has 2 rings (SSSR count). The summed E-state index contributed by atoms with van der Waals surface area (Å²) in [7, 11) is 1.57. The number of hydrogen-bond donors (Lipinski definition) is 0. The van der Waals surface area contributed by atoms with E-state index in [4.69, 9.17) is 21.1 Å². The molecule has 0 aliphatic heterocycles. The van der Waals surface area contributed by atoms with Crippen LogP contribution in [0.15, 0.2) is 55.1 Å². The van der Waals surface area contributed by atoms with E-state index in [-0.39, 0.29) is 12.4 Å². The maximum atomic E-state index is 14.0. The van der Waals surface area contributed by atoms with E-state index in [1.807, 2.05) is 24.3 Å². The lowest BCUT2D eigenvalue weighted by Crippen LogP contribution is -2.04. The second-order valence-corrected chi connectivity index (χ2v) is 4.80. The fourth-order valence-corrected chi connectivity index (χ4v) is 2.42. The first-order valence-corrected chi connectivity index (χ1v) is 6.91. The third-order valence-electron chi connectivity index (χ3n) is 3.03. The highest BCUT2D eigenvalue weighted by atomic mass is 35.5. The fourth-order valence-electron chi connectivity index (χ4n) is 2.06. The fraction of sp³-hybridized carbons (Fsp3) is 0.176. The van der Waals surface area contributed by atoms with Crippen LogP contribution in [-0.2, 0) is 0 Å². The first-order chi connectivity index (χ1) is 10.2. The van der Waals surface area contributed by atoms with Crippen molar-refractivity contribution in [3.63, 3.8) is 0 Å². The van der Waals surface area contributed by atoms with Gasteiger partial charge in [-0.15, -0.1) is 11.6 Å². The predicted molar refractivity (Wildman–Crippen MR) is 82.8 cm³/mol. The number of ether oxygens (including phenoxy) is 2. The van der Waals surface area contributed by atoms with Gasteiger partial charge in [0.25, 0.3) is 0 Å². The van der Waals surface area contributed by atoms with Crippen LogP contribution >= 0.6 is 11.6 Å². The van der Waals surface area contributed by atoms with Gasteiger partial charge in [-0.05, 0) is 12.1 Å². The highest BCUT2D eigenvalue weighted by molar-refractivity contribution is 6.23. The summed E-state index contributed by atoms with van der Waals surface area (Å²) in [6, 6.07) is 12.1. The molecular weight excluding hydrogens is 291 g/mol. The summed E-state index contributed by atoms with van der Waals surface area (Å²) < 4.78 is 24.7. The van der Waals surface area contributed by atoms with Gasteiger partial charge in [0.2, 0.25) is 0 Å². The number of halogens is 2. The molecule has 2 nitrogen and oxygen atoms in total. The molecular formula is C17H16ClFO2. The Morgan fingerprint density at radius 1 is 1.19 bits per heavy atom. The number of para-hydroxylation sites is 2. The third-order valence-corrected chi connectivity index (χ3v) is 3.50. The van der Waals surface area contributed by atoms with Crippen molar-refractivity contribution in [3.05, 3.63) is 72.1 Å². The van der Waals surface area contributed by atoms with Gasteiger partial charge in [-0.25, -0.2) is 4.39 Å². The zero-order chi connectivity index (χ0) is 15.2. The highest BCUT2D eigenvalue weighted by Gasteiger charge is 2.21. The molecule has 1 atom stereocenters. The molecule has 0 fully saturated rings. The van der Waals surface area contributed by atoms with Gasteiger partial charge in [0.1, 0.15) is 12.4 Å². The van der Waals surface area contributed by atoms with Gasteiger partial charge in [-0.1, -0.05) is 43.0 Å². The molecule has 0 saturated heterocycles. The summed E-state index contributed by atoms with van der Waals surface area (Å²) in [6.07, 6.45) is 1.56. The molecule has 0 spiro atoms. The van der Waals surface area contributed by atoms with Crippen LogP contribution in [0.4, 0.5) is 4.39 Å². The molecule has 0 aliphatic rings. The van der Waals surface area contributed by atoms with Crippen LogP contribution in [0, 0.1) is 5.82 Å². The summed E-state index contributed by atoms with van der Waals surface area (Å²) in [4.78, 5) is 0. The lowest BCUT2D eigenvalue weighted by molar-refractivity contribution is 0.338. The van der Waals surface area contributed by atoms with Crippen LogP contribution in [-0.4, -0.2) is 13.7 Å². The maximum absolute atomic E-state index is 14.0. The van der Waals surface area contributed by atoms with Crippen LogP contribution in [0.2, 0.25) is 0 Å². The Morgan fingerprint density at radius 3 is 2.62 bits per heavy atom. The largest absolute Gasteiger partial charge is 0.496 e. The molecule has 0 bridgehead atoms. The van der Waals surface area contributed by atoms with Gasteiger partial charge in [0.15, 0.2) is 11.6 Å². The van der Waals surface area contributed by atoms with Crippen molar-refractivity contribution in [3.8, 4) is 11.5 Å². The molecule has 110 valence electrons. The Balaban J connectivity index is 2.45. The Morgan fingerprint density at radius 2 is 1.90 bits per heavy atom. The predicted octanol–water partition coefficient (Wildman–Crippen LogP) is 4.73. The molecule has 0 amide bonds. The van der Waals surface area contributed by atoms with Crippen LogP contribution in [0.1, 0.15) is 16.5 Å². The molecule has 2 aromatic carbocycles. The minimum Gasteiger partial charge on any atom is -0.496 e. The summed E-state index contributed by atoms with van der Waals surface area (Å²) in [6.45, 7) is 3.78. The SMILES string of the molecule is C=CCOc1c(F)cccc1C(Cl)c1ccccc1OC. The van der Waals surface area contributed by atoms with Crippen LogP contribution < -0.4 is 9.47 Å². The lowest BCUT2D eigenvalue weighted by Gasteiger charge is -2.18. The molecule has 0 saturated carbocycles. The van der Waals surface area contributed by atoms with Gasteiger partial charge in [-0.2, -0.15) is 0 Å². The van der Waals surface area contributed by atoms with E-state index in [9.17, 15) is 4.39 Å². The van der Waals surface area contributed by atoms with Crippen molar-refractivity contribution in [1.29, 1.82) is 0 Å². The van der Waals surface area contributed by atoms with E-state index in [1.165, 1.54) is 6.07 Å². The number of rotatable bonds is 6. The Kier molecular flexibility index (Phi) is 5.23.